The van der Waals surface area contributed by atoms with E-state index in [9.17, 15) is 8.42 Å². The molecule has 0 radical (unpaired) electrons. The molecule has 0 saturated heterocycles. The van der Waals surface area contributed by atoms with Crippen LogP contribution in [-0.4, -0.2) is 20.1 Å². The molecule has 0 unspecified atom stereocenters. The summed E-state index contributed by atoms with van der Waals surface area (Å²) in [6, 6.07) is 19.2. The molecule has 0 amide bonds. The highest BCUT2D eigenvalue weighted by atomic mass is 32.2. The number of aromatic nitrogens is 1. The van der Waals surface area contributed by atoms with Crippen LogP contribution in [-0.2, 0) is 16.6 Å². The lowest BCUT2D eigenvalue weighted by molar-refractivity contribution is 0.402. The topological polar surface area (TPSA) is 60.3 Å². The van der Waals surface area contributed by atoms with Gasteiger partial charge in [0.1, 0.15) is 10.6 Å². The molecule has 0 aliphatic carbocycles. The Morgan fingerprint density at radius 1 is 0.967 bits per heavy atom. The summed E-state index contributed by atoms with van der Waals surface area (Å²) in [5, 5.41) is 2.13. The molecule has 0 aliphatic heterocycles. The molecule has 0 saturated carbocycles. The molecule has 4 aromatic rings. The molecule has 3 aromatic carbocycles. The van der Waals surface area contributed by atoms with E-state index < -0.39 is 10.0 Å². The van der Waals surface area contributed by atoms with E-state index in [0.29, 0.717) is 11.4 Å². The summed E-state index contributed by atoms with van der Waals surface area (Å²) in [5.74, 6) is 0.539. The minimum Gasteiger partial charge on any atom is -0.495 e. The molecular weight excluding hydrogens is 396 g/mol. The van der Waals surface area contributed by atoms with Crippen LogP contribution in [0, 0.1) is 0 Å². The van der Waals surface area contributed by atoms with Crippen molar-refractivity contribution in [1.29, 1.82) is 0 Å². The van der Waals surface area contributed by atoms with Gasteiger partial charge < -0.3 is 9.30 Å². The maximum absolute atomic E-state index is 13.2. The van der Waals surface area contributed by atoms with Crippen LogP contribution in [0.15, 0.2) is 65.6 Å². The minimum atomic E-state index is -3.81. The molecule has 6 heteroatoms. The molecule has 5 nitrogen and oxygen atoms in total. The van der Waals surface area contributed by atoms with Gasteiger partial charge in [-0.3, -0.25) is 4.72 Å². The number of sulfonamides is 1. The summed E-state index contributed by atoms with van der Waals surface area (Å²) in [4.78, 5) is 0.146. The predicted molar refractivity (Wildman–Crippen MR) is 123 cm³/mol. The van der Waals surface area contributed by atoms with E-state index in [1.807, 2.05) is 50.2 Å². The fraction of sp³-hybridized carbons (Fsp3) is 0.250. The van der Waals surface area contributed by atoms with Crippen molar-refractivity contribution in [1.82, 2.24) is 4.57 Å². The highest BCUT2D eigenvalue weighted by Gasteiger charge is 2.21. The van der Waals surface area contributed by atoms with E-state index in [0.717, 1.165) is 33.9 Å². The smallest absolute Gasteiger partial charge is 0.265 e. The van der Waals surface area contributed by atoms with Gasteiger partial charge in [0.05, 0.1) is 7.11 Å². The van der Waals surface area contributed by atoms with Crippen molar-refractivity contribution in [2.24, 2.45) is 0 Å². The Labute approximate surface area is 177 Å². The number of para-hydroxylation sites is 1. The average molecular weight is 423 g/mol. The minimum absolute atomic E-state index is 0.146. The second-order valence-electron chi connectivity index (χ2n) is 7.66. The molecule has 0 fully saturated rings. The number of hydrogen-bond donors (Lipinski definition) is 1. The number of hydrogen-bond acceptors (Lipinski definition) is 3. The molecule has 1 heterocycles. The number of rotatable bonds is 6. The van der Waals surface area contributed by atoms with Gasteiger partial charge >= 0.3 is 0 Å². The van der Waals surface area contributed by atoms with Crippen LogP contribution in [0.3, 0.4) is 0 Å². The van der Waals surface area contributed by atoms with Crippen molar-refractivity contribution in [2.75, 3.05) is 11.8 Å². The zero-order valence-electron chi connectivity index (χ0n) is 17.6. The fourth-order valence-corrected chi connectivity index (χ4v) is 5.19. The first-order valence-electron chi connectivity index (χ1n) is 10.1. The van der Waals surface area contributed by atoms with E-state index in [4.69, 9.17) is 4.74 Å². The van der Waals surface area contributed by atoms with Crippen LogP contribution in [0.1, 0.15) is 32.3 Å². The third-order valence-electron chi connectivity index (χ3n) is 5.48. The average Bonchev–Trinajstić information content (AvgIpc) is 3.06. The summed E-state index contributed by atoms with van der Waals surface area (Å²) >= 11 is 0. The third kappa shape index (κ3) is 3.41. The lowest BCUT2D eigenvalue weighted by Gasteiger charge is -2.14. The van der Waals surface area contributed by atoms with Gasteiger partial charge in [-0.05, 0) is 54.8 Å². The summed E-state index contributed by atoms with van der Waals surface area (Å²) in [7, 11) is -2.33. The number of fused-ring (bicyclic) bond motifs is 3. The van der Waals surface area contributed by atoms with Gasteiger partial charge in [0.2, 0.25) is 0 Å². The van der Waals surface area contributed by atoms with Gasteiger partial charge in [-0.15, -0.1) is 0 Å². The number of methoxy groups -OCH3 is 1. The quantitative estimate of drug-likeness (QED) is 0.430. The maximum Gasteiger partial charge on any atom is 0.265 e. The van der Waals surface area contributed by atoms with Gasteiger partial charge in [0.15, 0.2) is 0 Å². The summed E-state index contributed by atoms with van der Waals surface area (Å²) < 4.78 is 36.7. The molecule has 1 N–H and O–H groups in total. The predicted octanol–water partition coefficient (Wildman–Crippen LogP) is 5.75. The lowest BCUT2D eigenvalue weighted by atomic mass is 10.0. The molecular formula is C24H26N2O3S. The van der Waals surface area contributed by atoms with Gasteiger partial charge in [0, 0.05) is 34.0 Å². The lowest BCUT2D eigenvalue weighted by Crippen LogP contribution is -2.14. The first-order chi connectivity index (χ1) is 14.4. The Hall–Kier alpha value is -2.99. The number of benzene rings is 3. The van der Waals surface area contributed by atoms with E-state index in [-0.39, 0.29) is 10.8 Å². The Morgan fingerprint density at radius 2 is 1.70 bits per heavy atom. The van der Waals surface area contributed by atoms with E-state index in [1.54, 1.807) is 12.1 Å². The van der Waals surface area contributed by atoms with Crippen LogP contribution in [0.5, 0.6) is 5.75 Å². The second kappa shape index (κ2) is 7.69. The largest absolute Gasteiger partial charge is 0.495 e. The van der Waals surface area contributed by atoms with Crippen LogP contribution in [0.2, 0.25) is 0 Å². The molecule has 30 heavy (non-hydrogen) atoms. The van der Waals surface area contributed by atoms with E-state index >= 15 is 0 Å². The monoisotopic (exact) mass is 422 g/mol. The van der Waals surface area contributed by atoms with Crippen molar-refractivity contribution >= 4 is 37.5 Å². The van der Waals surface area contributed by atoms with Gasteiger partial charge in [-0.25, -0.2) is 8.42 Å². The number of aryl methyl sites for hydroxylation is 1. The van der Waals surface area contributed by atoms with Crippen molar-refractivity contribution in [3.63, 3.8) is 0 Å². The van der Waals surface area contributed by atoms with Crippen LogP contribution in [0.4, 0.5) is 5.69 Å². The van der Waals surface area contributed by atoms with E-state index in [2.05, 4.69) is 28.3 Å². The van der Waals surface area contributed by atoms with Crippen molar-refractivity contribution in [2.45, 2.75) is 38.1 Å². The normalized spacial score (nSPS) is 12.0. The SMILES string of the molecule is CCn1c2ccccc2c2cc(NS(=O)(=O)c3cc(C(C)C)ccc3OC)ccc21. The Bertz CT molecular complexity index is 1340. The third-order valence-corrected chi connectivity index (χ3v) is 6.89. The molecule has 1 aromatic heterocycles. The second-order valence-corrected chi connectivity index (χ2v) is 9.31. The molecule has 4 rings (SSSR count). The number of anilines is 1. The van der Waals surface area contributed by atoms with Crippen LogP contribution < -0.4 is 9.46 Å². The molecule has 0 atom stereocenters. The number of ether oxygens (including phenoxy) is 1. The summed E-state index contributed by atoms with van der Waals surface area (Å²) in [5.41, 5.74) is 3.69. The Balaban J connectivity index is 1.81. The zero-order valence-corrected chi connectivity index (χ0v) is 18.5. The Kier molecular flexibility index (Phi) is 5.20. The van der Waals surface area contributed by atoms with Crippen molar-refractivity contribution in [3.05, 3.63) is 66.2 Å². The highest BCUT2D eigenvalue weighted by Crippen LogP contribution is 2.33. The maximum atomic E-state index is 13.2. The van der Waals surface area contributed by atoms with Crippen LogP contribution >= 0.6 is 0 Å². The number of nitrogens with zero attached hydrogens (tertiary/aromatic N) is 1. The van der Waals surface area contributed by atoms with Gasteiger partial charge in [-0.1, -0.05) is 38.1 Å². The first kappa shape index (κ1) is 20.3. The van der Waals surface area contributed by atoms with Crippen LogP contribution in [0.25, 0.3) is 21.8 Å². The fourth-order valence-electron chi connectivity index (χ4n) is 3.93. The van der Waals surface area contributed by atoms with Gasteiger partial charge in [0.25, 0.3) is 10.0 Å². The van der Waals surface area contributed by atoms with Crippen molar-refractivity contribution in [3.8, 4) is 5.75 Å². The number of nitrogens with one attached hydrogen (secondary N) is 1. The first-order valence-corrected chi connectivity index (χ1v) is 11.6. The van der Waals surface area contributed by atoms with E-state index in [1.165, 1.54) is 7.11 Å². The molecule has 0 spiro atoms. The van der Waals surface area contributed by atoms with Crippen molar-refractivity contribution < 1.29 is 13.2 Å². The molecule has 0 bridgehead atoms. The van der Waals surface area contributed by atoms with Gasteiger partial charge in [-0.2, -0.15) is 0 Å². The molecule has 156 valence electrons. The zero-order chi connectivity index (χ0) is 21.5. The molecule has 0 aliphatic rings. The highest BCUT2D eigenvalue weighted by molar-refractivity contribution is 7.92. The standard InChI is InChI=1S/C24H26N2O3S/c1-5-26-21-9-7-6-8-19(21)20-15-18(11-12-22(20)26)25-30(27,28)24-14-17(16(2)3)10-13-23(24)29-4/h6-16,25H,5H2,1-4H3. The summed E-state index contributed by atoms with van der Waals surface area (Å²) in [6.07, 6.45) is 0. The summed E-state index contributed by atoms with van der Waals surface area (Å²) in [6.45, 7) is 7.01. The Morgan fingerprint density at radius 3 is 2.40 bits per heavy atom.